The average molecular weight is 517 g/mol. The van der Waals surface area contributed by atoms with Crippen molar-refractivity contribution in [1.82, 2.24) is 15.1 Å². The number of carbonyl (C=O) groups is 3. The average Bonchev–Trinajstić information content (AvgIpc) is 3.46. The third-order valence-electron chi connectivity index (χ3n) is 5.95. The van der Waals surface area contributed by atoms with E-state index in [9.17, 15) is 27.2 Å². The normalized spacial score (nSPS) is 20.5. The maximum atomic E-state index is 13.3. The maximum absolute atomic E-state index is 13.3. The Hall–Kier alpha value is -3.19. The number of piperazine rings is 1. The number of anilines is 1. The predicted octanol–water partition coefficient (Wildman–Crippen LogP) is 3.15. The number of likely N-dealkylation sites (N-methyl/N-ethyl adjacent to an activating group) is 1. The fraction of sp³-hybridized carbons (Fsp3) is 0.409. The van der Waals surface area contributed by atoms with Crippen molar-refractivity contribution in [2.24, 2.45) is 0 Å². The molecule has 2 saturated heterocycles. The summed E-state index contributed by atoms with van der Waals surface area (Å²) in [6.45, 7) is 2.40. The molecule has 35 heavy (non-hydrogen) atoms. The molecule has 2 aliphatic rings. The summed E-state index contributed by atoms with van der Waals surface area (Å²) >= 11 is 1.57. The van der Waals surface area contributed by atoms with Crippen LogP contribution in [0.2, 0.25) is 0 Å². The number of thiophene rings is 1. The Morgan fingerprint density at radius 3 is 2.54 bits per heavy atom. The lowest BCUT2D eigenvalue weighted by Crippen LogP contribution is -2.64. The Labute approximate surface area is 202 Å². The molecule has 2 fully saturated rings. The Bertz CT molecular complexity index is 1070. The van der Waals surface area contributed by atoms with E-state index < -0.39 is 12.1 Å². The van der Waals surface area contributed by atoms with Gasteiger partial charge < -0.3 is 20.2 Å². The van der Waals surface area contributed by atoms with Crippen LogP contribution < -0.4 is 10.2 Å². The van der Waals surface area contributed by atoms with Crippen molar-refractivity contribution in [2.75, 3.05) is 38.1 Å². The van der Waals surface area contributed by atoms with Gasteiger partial charge in [0.25, 0.3) is 0 Å². The number of urea groups is 1. The molecule has 1 spiro atoms. The third kappa shape index (κ3) is 6.48. The van der Waals surface area contributed by atoms with E-state index in [0.29, 0.717) is 26.2 Å². The zero-order chi connectivity index (χ0) is 25.8. The van der Waals surface area contributed by atoms with Gasteiger partial charge in [0.1, 0.15) is 5.82 Å². The minimum atomic E-state index is -5.08. The molecule has 2 N–H and O–H groups in total. The second-order valence-corrected chi connectivity index (χ2v) is 9.08. The van der Waals surface area contributed by atoms with Crippen LogP contribution in [0.5, 0.6) is 0 Å². The molecule has 1 aromatic heterocycles. The molecule has 1 atom stereocenters. The van der Waals surface area contributed by atoms with Gasteiger partial charge in [0.05, 0.1) is 17.8 Å². The van der Waals surface area contributed by atoms with Crippen LogP contribution in [0.4, 0.5) is 28.0 Å². The van der Waals surface area contributed by atoms with Gasteiger partial charge in [-0.2, -0.15) is 24.5 Å². The number of hydrogen-bond donors (Lipinski definition) is 2. The van der Waals surface area contributed by atoms with Crippen molar-refractivity contribution >= 4 is 34.9 Å². The van der Waals surface area contributed by atoms with E-state index in [1.807, 2.05) is 28.8 Å². The molecule has 2 aliphatic heterocycles. The van der Waals surface area contributed by atoms with E-state index in [1.54, 1.807) is 28.4 Å². The molecule has 0 aliphatic carbocycles. The highest BCUT2D eigenvalue weighted by molar-refractivity contribution is 7.08. The molecule has 1 aromatic carbocycles. The number of aliphatic carboxylic acids is 1. The minimum absolute atomic E-state index is 0.0838. The van der Waals surface area contributed by atoms with Crippen LogP contribution in [-0.2, 0) is 16.1 Å². The van der Waals surface area contributed by atoms with Crippen LogP contribution in [0.15, 0.2) is 41.1 Å². The van der Waals surface area contributed by atoms with Crippen molar-refractivity contribution in [1.29, 1.82) is 0 Å². The van der Waals surface area contributed by atoms with Crippen LogP contribution in [0, 0.1) is 5.82 Å². The minimum Gasteiger partial charge on any atom is -0.475 e. The van der Waals surface area contributed by atoms with Crippen molar-refractivity contribution in [2.45, 2.75) is 24.7 Å². The lowest BCUT2D eigenvalue weighted by atomic mass is 9.93. The predicted molar refractivity (Wildman–Crippen MR) is 121 cm³/mol. The number of nitrogens with zero attached hydrogens (tertiary/aromatic N) is 3. The van der Waals surface area contributed by atoms with Crippen LogP contribution >= 0.6 is 11.3 Å². The number of carbonyl (C=O) groups excluding carboxylic acids is 2. The maximum Gasteiger partial charge on any atom is 0.490 e. The van der Waals surface area contributed by atoms with Gasteiger partial charge in [-0.15, -0.1) is 0 Å². The van der Waals surface area contributed by atoms with Crippen molar-refractivity contribution in [3.8, 4) is 0 Å². The first kappa shape index (κ1) is 26.4. The number of amides is 3. The lowest BCUT2D eigenvalue weighted by molar-refractivity contribution is -0.192. The molecule has 3 amide bonds. The van der Waals surface area contributed by atoms with Crippen molar-refractivity contribution < 1.29 is 37.1 Å². The monoisotopic (exact) mass is 516 g/mol. The molecular weight excluding hydrogens is 492 g/mol. The summed E-state index contributed by atoms with van der Waals surface area (Å²) < 4.78 is 45.0. The molecule has 3 heterocycles. The van der Waals surface area contributed by atoms with Gasteiger partial charge in [0.2, 0.25) is 5.91 Å². The molecule has 0 saturated carbocycles. The Morgan fingerprint density at radius 2 is 1.94 bits per heavy atom. The van der Waals surface area contributed by atoms with Gasteiger partial charge >= 0.3 is 18.2 Å². The largest absolute Gasteiger partial charge is 0.490 e. The number of likely N-dealkylation sites (tertiary alicyclic amines) is 1. The standard InChI is InChI=1S/C20H23FN4O2S.C2HF3O2/c1-23-11-18(26)25(17-5-8-28-12-17)14-20(23)6-7-24(13-20)19(27)22-10-15-3-2-4-16(21)9-15;3-2(4,5)1(6)7/h2-5,8-9,12H,6-7,10-11,13-14H2,1H3,(H,22,27);(H,6,7). The van der Waals surface area contributed by atoms with E-state index >= 15 is 0 Å². The lowest BCUT2D eigenvalue weighted by Gasteiger charge is -2.46. The van der Waals surface area contributed by atoms with Crippen molar-refractivity contribution in [3.63, 3.8) is 0 Å². The smallest absolute Gasteiger partial charge is 0.475 e. The van der Waals surface area contributed by atoms with E-state index in [2.05, 4.69) is 10.2 Å². The second-order valence-electron chi connectivity index (χ2n) is 8.30. The first-order valence-corrected chi connectivity index (χ1v) is 11.5. The molecule has 13 heteroatoms. The molecule has 8 nitrogen and oxygen atoms in total. The summed E-state index contributed by atoms with van der Waals surface area (Å²) in [6.07, 6.45) is -4.27. The highest BCUT2D eigenvalue weighted by Crippen LogP contribution is 2.34. The number of halogens is 4. The summed E-state index contributed by atoms with van der Waals surface area (Å²) in [4.78, 5) is 39.7. The first-order chi connectivity index (χ1) is 16.4. The number of carboxylic acids is 1. The number of hydrogen-bond acceptors (Lipinski definition) is 5. The van der Waals surface area contributed by atoms with Crippen LogP contribution in [-0.4, -0.2) is 77.8 Å². The number of benzene rings is 1. The Balaban J connectivity index is 0.000000429. The molecular formula is C22H24F4N4O4S. The molecule has 2 aromatic rings. The summed E-state index contributed by atoms with van der Waals surface area (Å²) in [5.74, 6) is -2.98. The summed E-state index contributed by atoms with van der Waals surface area (Å²) in [6, 6.07) is 8.02. The van der Waals surface area contributed by atoms with Gasteiger partial charge in [0, 0.05) is 31.6 Å². The Morgan fingerprint density at radius 1 is 1.23 bits per heavy atom. The van der Waals surface area contributed by atoms with Gasteiger partial charge in [-0.1, -0.05) is 12.1 Å². The fourth-order valence-corrected chi connectivity index (χ4v) is 4.65. The Kier molecular flexibility index (Phi) is 8.00. The van der Waals surface area contributed by atoms with Gasteiger partial charge in [-0.25, -0.2) is 14.0 Å². The number of alkyl halides is 3. The molecule has 0 bridgehead atoms. The van der Waals surface area contributed by atoms with E-state index in [0.717, 1.165) is 17.7 Å². The molecule has 1 unspecified atom stereocenters. The molecule has 0 radical (unpaired) electrons. The SMILES string of the molecule is CN1CC(=O)N(c2ccsc2)CC12CCN(C(=O)NCc1cccc(F)c1)C2.O=C(O)C(F)(F)F. The quantitative estimate of drug-likeness (QED) is 0.612. The van der Waals surface area contributed by atoms with E-state index in [1.165, 1.54) is 12.1 Å². The highest BCUT2D eigenvalue weighted by atomic mass is 32.1. The van der Waals surface area contributed by atoms with E-state index in [-0.39, 0.29) is 29.8 Å². The van der Waals surface area contributed by atoms with Gasteiger partial charge in [-0.3, -0.25) is 9.69 Å². The zero-order valence-electron chi connectivity index (χ0n) is 18.7. The summed E-state index contributed by atoms with van der Waals surface area (Å²) in [7, 11) is 1.96. The molecule has 4 rings (SSSR count). The number of rotatable bonds is 3. The van der Waals surface area contributed by atoms with Crippen LogP contribution in [0.25, 0.3) is 0 Å². The van der Waals surface area contributed by atoms with Crippen LogP contribution in [0.1, 0.15) is 12.0 Å². The zero-order valence-corrected chi connectivity index (χ0v) is 19.5. The summed E-state index contributed by atoms with van der Waals surface area (Å²) in [5.41, 5.74) is 1.41. The second kappa shape index (κ2) is 10.6. The number of carboxylic acid groups (broad SMARTS) is 1. The topological polar surface area (TPSA) is 93.2 Å². The van der Waals surface area contributed by atoms with Gasteiger partial charge in [0.15, 0.2) is 0 Å². The van der Waals surface area contributed by atoms with E-state index in [4.69, 9.17) is 9.90 Å². The van der Waals surface area contributed by atoms with Crippen molar-refractivity contribution in [3.05, 3.63) is 52.5 Å². The third-order valence-corrected chi connectivity index (χ3v) is 6.62. The number of nitrogens with one attached hydrogen (secondary N) is 1. The first-order valence-electron chi connectivity index (χ1n) is 10.5. The summed E-state index contributed by atoms with van der Waals surface area (Å²) in [5, 5.41) is 13.9. The molecule has 190 valence electrons. The fourth-order valence-electron chi connectivity index (χ4n) is 4.01. The van der Waals surface area contributed by atoms with Gasteiger partial charge in [-0.05, 0) is 42.6 Å². The highest BCUT2D eigenvalue weighted by Gasteiger charge is 2.48. The van der Waals surface area contributed by atoms with Crippen LogP contribution in [0.3, 0.4) is 0 Å².